The van der Waals surface area contributed by atoms with E-state index in [2.05, 4.69) is 46.5 Å². The first-order chi connectivity index (χ1) is 9.33. The summed E-state index contributed by atoms with van der Waals surface area (Å²) >= 11 is 1.69. The van der Waals surface area contributed by atoms with E-state index in [1.165, 1.54) is 10.9 Å². The van der Waals surface area contributed by atoms with E-state index in [0.29, 0.717) is 0 Å². The molecule has 19 heavy (non-hydrogen) atoms. The van der Waals surface area contributed by atoms with Crippen molar-refractivity contribution in [2.75, 3.05) is 0 Å². The third-order valence-electron chi connectivity index (χ3n) is 3.10. The highest BCUT2D eigenvalue weighted by Gasteiger charge is 2.07. The fourth-order valence-electron chi connectivity index (χ4n) is 2.04. The maximum Gasteiger partial charge on any atom is 0.109 e. The van der Waals surface area contributed by atoms with Crippen molar-refractivity contribution in [2.45, 2.75) is 19.5 Å². The average molecular weight is 269 g/mol. The van der Waals surface area contributed by atoms with E-state index in [1.807, 2.05) is 23.8 Å². The molecule has 0 saturated carbocycles. The van der Waals surface area contributed by atoms with Crippen molar-refractivity contribution in [1.29, 1.82) is 0 Å². The van der Waals surface area contributed by atoms with Gasteiger partial charge in [-0.1, -0.05) is 12.1 Å². The summed E-state index contributed by atoms with van der Waals surface area (Å²) in [5.74, 6) is 0. The van der Waals surface area contributed by atoms with E-state index in [-0.39, 0.29) is 6.04 Å². The maximum atomic E-state index is 4.33. The van der Waals surface area contributed by atoms with Gasteiger partial charge in [0.15, 0.2) is 0 Å². The molecule has 0 saturated heterocycles. The van der Waals surface area contributed by atoms with E-state index in [4.69, 9.17) is 0 Å². The fraction of sp³-hybridized carbons (Fsp3) is 0.200. The second-order valence-corrected chi connectivity index (χ2v) is 5.43. The molecule has 0 fully saturated rings. The van der Waals surface area contributed by atoms with Gasteiger partial charge in [-0.15, -0.1) is 11.3 Å². The lowest BCUT2D eigenvalue weighted by atomic mass is 10.1. The molecule has 3 aromatic rings. The van der Waals surface area contributed by atoms with Crippen LogP contribution in [0.25, 0.3) is 10.9 Å². The van der Waals surface area contributed by atoms with Gasteiger partial charge in [0.2, 0.25) is 0 Å². The summed E-state index contributed by atoms with van der Waals surface area (Å²) < 4.78 is 0. The molecule has 0 aliphatic carbocycles. The number of benzene rings is 1. The summed E-state index contributed by atoms with van der Waals surface area (Å²) in [6.07, 6.45) is 3.67. The summed E-state index contributed by atoms with van der Waals surface area (Å²) in [6.45, 7) is 2.98. The van der Waals surface area contributed by atoms with Crippen molar-refractivity contribution in [3.63, 3.8) is 0 Å². The van der Waals surface area contributed by atoms with E-state index in [0.717, 1.165) is 17.1 Å². The van der Waals surface area contributed by atoms with Gasteiger partial charge in [-0.3, -0.25) is 4.98 Å². The van der Waals surface area contributed by atoms with Crippen LogP contribution in [0.4, 0.5) is 0 Å². The van der Waals surface area contributed by atoms with Crippen LogP contribution in [0.2, 0.25) is 0 Å². The van der Waals surface area contributed by atoms with Crippen molar-refractivity contribution < 1.29 is 0 Å². The molecular formula is C15H15N3S. The summed E-state index contributed by atoms with van der Waals surface area (Å²) in [7, 11) is 0. The van der Waals surface area contributed by atoms with E-state index in [1.54, 1.807) is 11.3 Å². The quantitative estimate of drug-likeness (QED) is 0.787. The summed E-state index contributed by atoms with van der Waals surface area (Å²) in [5, 5.41) is 7.81. The minimum absolute atomic E-state index is 0.282. The van der Waals surface area contributed by atoms with Crippen molar-refractivity contribution in [1.82, 2.24) is 15.3 Å². The Morgan fingerprint density at radius 3 is 3.00 bits per heavy atom. The average Bonchev–Trinajstić information content (AvgIpc) is 2.99. The molecule has 0 radical (unpaired) electrons. The smallest absolute Gasteiger partial charge is 0.109 e. The highest BCUT2D eigenvalue weighted by Crippen LogP contribution is 2.17. The number of hydrogen-bond donors (Lipinski definition) is 1. The predicted octanol–water partition coefficient (Wildman–Crippen LogP) is 3.54. The van der Waals surface area contributed by atoms with Crippen LogP contribution in [0.1, 0.15) is 23.5 Å². The van der Waals surface area contributed by atoms with Crippen molar-refractivity contribution in [3.8, 4) is 0 Å². The Hall–Kier alpha value is -1.78. The molecule has 1 unspecified atom stereocenters. The molecular weight excluding hydrogens is 254 g/mol. The van der Waals surface area contributed by atoms with Crippen LogP contribution in [0.3, 0.4) is 0 Å². The van der Waals surface area contributed by atoms with Gasteiger partial charge in [0.1, 0.15) is 5.01 Å². The van der Waals surface area contributed by atoms with Gasteiger partial charge >= 0.3 is 0 Å². The monoisotopic (exact) mass is 269 g/mol. The minimum Gasteiger partial charge on any atom is -0.304 e. The lowest BCUT2D eigenvalue weighted by Gasteiger charge is -2.11. The van der Waals surface area contributed by atoms with Crippen LogP contribution >= 0.6 is 11.3 Å². The largest absolute Gasteiger partial charge is 0.304 e. The highest BCUT2D eigenvalue weighted by atomic mass is 32.1. The molecule has 1 N–H and O–H groups in total. The molecule has 0 spiro atoms. The van der Waals surface area contributed by atoms with Gasteiger partial charge in [-0.2, -0.15) is 0 Å². The van der Waals surface area contributed by atoms with Crippen molar-refractivity contribution in [2.24, 2.45) is 0 Å². The second-order valence-electron chi connectivity index (χ2n) is 4.50. The molecule has 0 bridgehead atoms. The normalized spacial score (nSPS) is 12.7. The molecule has 0 aliphatic heterocycles. The van der Waals surface area contributed by atoms with E-state index >= 15 is 0 Å². The molecule has 96 valence electrons. The number of aromatic nitrogens is 2. The number of nitrogens with zero attached hydrogens (tertiary/aromatic N) is 2. The maximum absolute atomic E-state index is 4.33. The van der Waals surface area contributed by atoms with E-state index < -0.39 is 0 Å². The molecule has 1 atom stereocenters. The Labute approximate surface area is 116 Å². The van der Waals surface area contributed by atoms with Crippen molar-refractivity contribution in [3.05, 3.63) is 58.7 Å². The number of hydrogen-bond acceptors (Lipinski definition) is 4. The topological polar surface area (TPSA) is 37.8 Å². The summed E-state index contributed by atoms with van der Waals surface area (Å²) in [5.41, 5.74) is 2.31. The number of thiazole rings is 1. The first-order valence-electron chi connectivity index (χ1n) is 6.29. The van der Waals surface area contributed by atoms with Gasteiger partial charge < -0.3 is 5.32 Å². The molecule has 4 heteroatoms. The lowest BCUT2D eigenvalue weighted by Crippen LogP contribution is -2.17. The zero-order chi connectivity index (χ0) is 13.1. The third-order valence-corrected chi connectivity index (χ3v) is 4.06. The zero-order valence-corrected chi connectivity index (χ0v) is 11.5. The van der Waals surface area contributed by atoms with Crippen LogP contribution < -0.4 is 5.32 Å². The lowest BCUT2D eigenvalue weighted by molar-refractivity contribution is 0.572. The first-order valence-corrected chi connectivity index (χ1v) is 7.17. The minimum atomic E-state index is 0.282. The molecule has 0 amide bonds. The van der Waals surface area contributed by atoms with Gasteiger partial charge in [0.05, 0.1) is 11.6 Å². The van der Waals surface area contributed by atoms with Gasteiger partial charge in [-0.05, 0) is 30.7 Å². The van der Waals surface area contributed by atoms with E-state index in [9.17, 15) is 0 Å². The Morgan fingerprint density at radius 2 is 2.16 bits per heavy atom. The summed E-state index contributed by atoms with van der Waals surface area (Å²) in [6, 6.07) is 10.7. The molecule has 3 rings (SSSR count). The van der Waals surface area contributed by atoms with Gasteiger partial charge in [-0.25, -0.2) is 4.98 Å². The third kappa shape index (κ3) is 2.80. The Kier molecular flexibility index (Phi) is 3.53. The standard InChI is InChI=1S/C15H15N3S/c1-11(15-17-7-8-19-15)18-10-12-4-5-14-13(9-12)3-2-6-16-14/h2-9,11,18H,10H2,1H3. The number of fused-ring (bicyclic) bond motifs is 1. The van der Waals surface area contributed by atoms with Crippen molar-refractivity contribution >= 4 is 22.2 Å². The first kappa shape index (κ1) is 12.3. The number of rotatable bonds is 4. The SMILES string of the molecule is CC(NCc1ccc2ncccc2c1)c1nccs1. The molecule has 0 aliphatic rings. The molecule has 2 heterocycles. The zero-order valence-electron chi connectivity index (χ0n) is 10.7. The van der Waals surface area contributed by atoms with Crippen LogP contribution in [0, 0.1) is 0 Å². The molecule has 1 aromatic carbocycles. The second kappa shape index (κ2) is 5.47. The highest BCUT2D eigenvalue weighted by molar-refractivity contribution is 7.09. The Morgan fingerprint density at radius 1 is 1.21 bits per heavy atom. The van der Waals surface area contributed by atoms with Crippen LogP contribution in [0.5, 0.6) is 0 Å². The fourth-order valence-corrected chi connectivity index (χ4v) is 2.71. The number of pyridine rings is 1. The number of nitrogens with one attached hydrogen (secondary N) is 1. The van der Waals surface area contributed by atoms with Gasteiger partial charge in [0, 0.05) is 29.7 Å². The van der Waals surface area contributed by atoms with Crippen LogP contribution in [0.15, 0.2) is 48.1 Å². The Bertz CT molecular complexity index is 664. The van der Waals surface area contributed by atoms with Gasteiger partial charge in [0.25, 0.3) is 0 Å². The Balaban J connectivity index is 1.71. The predicted molar refractivity (Wildman–Crippen MR) is 79.1 cm³/mol. The molecule has 2 aromatic heterocycles. The molecule has 3 nitrogen and oxygen atoms in total. The summed E-state index contributed by atoms with van der Waals surface area (Å²) in [4.78, 5) is 8.65. The van der Waals surface area contributed by atoms with Crippen LogP contribution in [-0.2, 0) is 6.54 Å². The van der Waals surface area contributed by atoms with Crippen LogP contribution in [-0.4, -0.2) is 9.97 Å².